The highest BCUT2D eigenvalue weighted by atomic mass is 16.5. The normalized spacial score (nSPS) is 14.8. The third kappa shape index (κ3) is 36.2. The van der Waals surface area contributed by atoms with Gasteiger partial charge in [-0.2, -0.15) is 0 Å². The summed E-state index contributed by atoms with van der Waals surface area (Å²) in [4.78, 5) is 31.2. The SMILES string of the molecule is CCCCCCCCC(CCCCCC)CC(=O)COCCCCN(CCCCCOC(=O)CC(CCCCCC)CCCCCCCC)CCN(CCO)C1CCCCCC1. The molecular weight excluding hydrogens is 769 g/mol. The van der Waals surface area contributed by atoms with Crippen LogP contribution in [0, 0.1) is 11.8 Å². The topological polar surface area (TPSA) is 79.3 Å². The van der Waals surface area contributed by atoms with Crippen molar-refractivity contribution in [3.8, 4) is 0 Å². The summed E-state index contributed by atoms with van der Waals surface area (Å²) in [5.74, 6) is 1.31. The Kier molecular flexibility index (Phi) is 43.0. The Bertz CT molecular complexity index is 898. The second kappa shape index (κ2) is 45.1. The van der Waals surface area contributed by atoms with E-state index in [1.54, 1.807) is 0 Å². The van der Waals surface area contributed by atoms with Crippen LogP contribution >= 0.6 is 0 Å². The predicted molar refractivity (Wildman–Crippen MR) is 266 cm³/mol. The van der Waals surface area contributed by atoms with Gasteiger partial charge in [0.1, 0.15) is 6.61 Å². The summed E-state index contributed by atoms with van der Waals surface area (Å²) >= 11 is 0. The summed E-state index contributed by atoms with van der Waals surface area (Å²) in [5.41, 5.74) is 0. The highest BCUT2D eigenvalue weighted by Gasteiger charge is 2.21. The molecule has 0 heterocycles. The number of hydrogen-bond acceptors (Lipinski definition) is 7. The van der Waals surface area contributed by atoms with Crippen LogP contribution < -0.4 is 0 Å². The molecule has 368 valence electrons. The first-order valence-corrected chi connectivity index (χ1v) is 27.8. The molecule has 0 bridgehead atoms. The number of carbonyl (C=O) groups is 2. The number of carbonyl (C=O) groups excluding carboxylic acids is 2. The summed E-state index contributed by atoms with van der Waals surface area (Å²) in [7, 11) is 0. The van der Waals surface area contributed by atoms with Gasteiger partial charge < -0.3 is 19.5 Å². The number of esters is 1. The van der Waals surface area contributed by atoms with Gasteiger partial charge in [0, 0.05) is 45.1 Å². The maximum Gasteiger partial charge on any atom is 0.306 e. The number of aliphatic hydroxyl groups is 1. The highest BCUT2D eigenvalue weighted by molar-refractivity contribution is 5.79. The van der Waals surface area contributed by atoms with E-state index in [0.717, 1.165) is 64.8 Å². The van der Waals surface area contributed by atoms with Crippen molar-refractivity contribution in [2.75, 3.05) is 59.2 Å². The van der Waals surface area contributed by atoms with Gasteiger partial charge in [0.25, 0.3) is 0 Å². The van der Waals surface area contributed by atoms with Gasteiger partial charge in [-0.25, -0.2) is 0 Å². The van der Waals surface area contributed by atoms with Crippen LogP contribution in [0.4, 0.5) is 0 Å². The third-order valence-electron chi connectivity index (χ3n) is 13.9. The molecule has 0 saturated heterocycles. The van der Waals surface area contributed by atoms with Gasteiger partial charge in [0.05, 0.1) is 13.2 Å². The minimum atomic E-state index is 0.0138. The van der Waals surface area contributed by atoms with Crippen LogP contribution in [0.5, 0.6) is 0 Å². The number of unbranched alkanes of at least 4 members (excludes halogenated alkanes) is 19. The van der Waals surface area contributed by atoms with Crippen molar-refractivity contribution in [2.24, 2.45) is 11.8 Å². The van der Waals surface area contributed by atoms with Crippen molar-refractivity contribution in [3.63, 3.8) is 0 Å². The van der Waals surface area contributed by atoms with E-state index < -0.39 is 0 Å². The van der Waals surface area contributed by atoms with Gasteiger partial charge in [-0.05, 0) is 82.7 Å². The molecule has 0 aromatic heterocycles. The van der Waals surface area contributed by atoms with E-state index in [2.05, 4.69) is 37.5 Å². The van der Waals surface area contributed by atoms with Crippen LogP contribution in [0.2, 0.25) is 0 Å². The number of nitrogens with zero attached hydrogens (tertiary/aromatic N) is 2. The van der Waals surface area contributed by atoms with Gasteiger partial charge in [-0.15, -0.1) is 0 Å². The number of aliphatic hydroxyl groups excluding tert-OH is 1. The summed E-state index contributed by atoms with van der Waals surface area (Å²) < 4.78 is 11.8. The molecule has 1 saturated carbocycles. The van der Waals surface area contributed by atoms with E-state index in [0.29, 0.717) is 49.7 Å². The zero-order valence-electron chi connectivity index (χ0n) is 42.2. The maximum absolute atomic E-state index is 13.0. The quantitative estimate of drug-likeness (QED) is 0.0371. The Morgan fingerprint density at radius 2 is 0.952 bits per heavy atom. The minimum Gasteiger partial charge on any atom is -0.466 e. The maximum atomic E-state index is 13.0. The lowest BCUT2D eigenvalue weighted by molar-refractivity contribution is -0.145. The van der Waals surface area contributed by atoms with Crippen LogP contribution in [0.15, 0.2) is 0 Å². The van der Waals surface area contributed by atoms with Crippen molar-refractivity contribution in [3.05, 3.63) is 0 Å². The van der Waals surface area contributed by atoms with E-state index in [1.807, 2.05) is 0 Å². The Balaban J connectivity index is 2.57. The molecule has 1 fully saturated rings. The monoisotopic (exact) mass is 877 g/mol. The lowest BCUT2D eigenvalue weighted by Gasteiger charge is -2.33. The Hall–Kier alpha value is -1.02. The summed E-state index contributed by atoms with van der Waals surface area (Å²) in [6.07, 6.45) is 44.8. The summed E-state index contributed by atoms with van der Waals surface area (Å²) in [6, 6.07) is 0.593. The van der Waals surface area contributed by atoms with E-state index in [9.17, 15) is 14.7 Å². The molecule has 1 rings (SSSR count). The molecule has 0 amide bonds. The van der Waals surface area contributed by atoms with Gasteiger partial charge in [-0.3, -0.25) is 14.5 Å². The second-order valence-corrected chi connectivity index (χ2v) is 19.8. The molecule has 2 atom stereocenters. The largest absolute Gasteiger partial charge is 0.466 e. The molecule has 1 N–H and O–H groups in total. The van der Waals surface area contributed by atoms with Crippen LogP contribution in [0.25, 0.3) is 0 Å². The fraction of sp³-hybridized carbons (Fsp3) is 0.964. The number of ether oxygens (including phenoxy) is 2. The molecular formula is C55H108N2O5. The van der Waals surface area contributed by atoms with E-state index in [-0.39, 0.29) is 19.2 Å². The van der Waals surface area contributed by atoms with E-state index >= 15 is 0 Å². The molecule has 0 aromatic rings. The first-order chi connectivity index (χ1) is 30.5. The number of Topliss-reactive ketones (excluding diaryl/α,β-unsaturated/α-hetero) is 1. The molecule has 0 spiro atoms. The van der Waals surface area contributed by atoms with Crippen molar-refractivity contribution >= 4 is 11.8 Å². The first-order valence-electron chi connectivity index (χ1n) is 27.8. The van der Waals surface area contributed by atoms with Crippen molar-refractivity contribution < 1.29 is 24.2 Å². The number of rotatable bonds is 47. The zero-order chi connectivity index (χ0) is 45.0. The van der Waals surface area contributed by atoms with Crippen LogP contribution in [-0.4, -0.2) is 91.9 Å². The molecule has 7 nitrogen and oxygen atoms in total. The standard InChI is InChI=1S/C55H108N2O5/c1-5-9-13-17-19-26-35-51(34-24-15-11-7-3)48-54(59)50-61-46-33-31-41-56(42-43-57(44-45-58)53-38-28-21-22-29-39-53)40-30-23-32-47-62-55(60)49-52(36-25-16-12-8-4)37-27-20-18-14-10-6-2/h51-53,58H,5-50H2,1-4H3. The molecule has 0 radical (unpaired) electrons. The van der Waals surface area contributed by atoms with Crippen molar-refractivity contribution in [1.82, 2.24) is 9.80 Å². The Labute approximate surface area is 386 Å². The number of hydrogen-bond donors (Lipinski definition) is 1. The molecule has 2 unspecified atom stereocenters. The Morgan fingerprint density at radius 3 is 1.48 bits per heavy atom. The molecule has 1 aliphatic carbocycles. The lowest BCUT2D eigenvalue weighted by Crippen LogP contribution is -2.43. The molecule has 0 aromatic carbocycles. The van der Waals surface area contributed by atoms with E-state index in [4.69, 9.17) is 9.47 Å². The molecule has 7 heteroatoms. The van der Waals surface area contributed by atoms with Crippen LogP contribution in [0.1, 0.15) is 265 Å². The van der Waals surface area contributed by atoms with Crippen molar-refractivity contribution in [2.45, 2.75) is 271 Å². The molecule has 0 aliphatic heterocycles. The van der Waals surface area contributed by atoms with E-state index in [1.165, 1.54) is 193 Å². The van der Waals surface area contributed by atoms with Crippen LogP contribution in [0.3, 0.4) is 0 Å². The molecule has 1 aliphatic rings. The first kappa shape index (κ1) is 59.0. The van der Waals surface area contributed by atoms with Gasteiger partial charge in [0.2, 0.25) is 0 Å². The Morgan fingerprint density at radius 1 is 0.500 bits per heavy atom. The van der Waals surface area contributed by atoms with Gasteiger partial charge in [0.15, 0.2) is 5.78 Å². The summed E-state index contributed by atoms with van der Waals surface area (Å²) in [5, 5.41) is 9.96. The fourth-order valence-corrected chi connectivity index (χ4v) is 9.88. The lowest BCUT2D eigenvalue weighted by atomic mass is 9.90. The average Bonchev–Trinajstić information content (AvgIpc) is 3.56. The third-order valence-corrected chi connectivity index (χ3v) is 13.9. The minimum absolute atomic E-state index is 0.0138. The van der Waals surface area contributed by atoms with Crippen LogP contribution in [-0.2, 0) is 19.1 Å². The van der Waals surface area contributed by atoms with Gasteiger partial charge in [-0.1, -0.05) is 195 Å². The fourth-order valence-electron chi connectivity index (χ4n) is 9.88. The zero-order valence-corrected chi connectivity index (χ0v) is 42.2. The van der Waals surface area contributed by atoms with Crippen molar-refractivity contribution in [1.29, 1.82) is 0 Å². The second-order valence-electron chi connectivity index (χ2n) is 19.8. The predicted octanol–water partition coefficient (Wildman–Crippen LogP) is 14.8. The number of ketones is 1. The highest BCUT2D eigenvalue weighted by Crippen LogP contribution is 2.25. The smallest absolute Gasteiger partial charge is 0.306 e. The average molecular weight is 877 g/mol. The summed E-state index contributed by atoms with van der Waals surface area (Å²) in [6.45, 7) is 15.6. The van der Waals surface area contributed by atoms with Gasteiger partial charge >= 0.3 is 5.97 Å². The molecule has 62 heavy (non-hydrogen) atoms.